The lowest BCUT2D eigenvalue weighted by atomic mass is 9.89. The third-order valence-corrected chi connectivity index (χ3v) is 3.10. The minimum Gasteiger partial charge on any atom is -0.330 e. The summed E-state index contributed by atoms with van der Waals surface area (Å²) >= 11 is 0. The van der Waals surface area contributed by atoms with Gasteiger partial charge in [-0.15, -0.1) is 0 Å². The Morgan fingerprint density at radius 3 is 2.50 bits per heavy atom. The van der Waals surface area contributed by atoms with E-state index < -0.39 is 6.17 Å². The molecule has 0 fully saturated rings. The fraction of sp³-hybridized carbons (Fsp3) is 0.750. The van der Waals surface area contributed by atoms with Crippen LogP contribution in [0, 0.1) is 18.8 Å². The summed E-state index contributed by atoms with van der Waals surface area (Å²) in [4.78, 5) is 0. The fourth-order valence-corrected chi connectivity index (χ4v) is 2.04. The second-order valence-electron chi connectivity index (χ2n) is 4.76. The SMILES string of the molecule is Cc1cc(CC(F)C(CN)C(C)C)n(C)n1. The lowest BCUT2D eigenvalue weighted by molar-refractivity contribution is 0.183. The number of aryl methyl sites for hydroxylation is 2. The van der Waals surface area contributed by atoms with Crippen molar-refractivity contribution >= 4 is 0 Å². The van der Waals surface area contributed by atoms with Crippen molar-refractivity contribution in [3.63, 3.8) is 0 Å². The Kier molecular flexibility index (Phi) is 4.47. The molecule has 0 aliphatic rings. The number of hydrogen-bond donors (Lipinski definition) is 1. The van der Waals surface area contributed by atoms with E-state index in [9.17, 15) is 4.39 Å². The lowest BCUT2D eigenvalue weighted by Crippen LogP contribution is -2.31. The number of halogens is 1. The molecule has 1 aromatic rings. The van der Waals surface area contributed by atoms with Crippen LogP contribution in [0.2, 0.25) is 0 Å². The Morgan fingerprint density at radius 1 is 1.50 bits per heavy atom. The monoisotopic (exact) mass is 227 g/mol. The van der Waals surface area contributed by atoms with Crippen LogP contribution in [-0.4, -0.2) is 22.5 Å². The zero-order valence-corrected chi connectivity index (χ0v) is 10.6. The first-order chi connectivity index (χ1) is 7.45. The molecular formula is C12H22FN3. The molecule has 2 unspecified atom stereocenters. The quantitative estimate of drug-likeness (QED) is 0.834. The van der Waals surface area contributed by atoms with Gasteiger partial charge in [0.1, 0.15) is 6.17 Å². The fourth-order valence-electron chi connectivity index (χ4n) is 2.04. The molecule has 1 aromatic heterocycles. The number of hydrogen-bond acceptors (Lipinski definition) is 2. The molecule has 1 rings (SSSR count). The standard InChI is InChI=1S/C12H22FN3/c1-8(2)11(7-14)12(13)6-10-5-9(3)15-16(10)4/h5,8,11-12H,6-7,14H2,1-4H3. The first-order valence-corrected chi connectivity index (χ1v) is 5.79. The Morgan fingerprint density at radius 2 is 2.12 bits per heavy atom. The minimum atomic E-state index is -0.889. The normalized spacial score (nSPS) is 15.4. The number of nitrogens with two attached hydrogens (primary N) is 1. The third-order valence-electron chi connectivity index (χ3n) is 3.10. The molecule has 2 atom stereocenters. The van der Waals surface area contributed by atoms with Crippen molar-refractivity contribution in [2.24, 2.45) is 24.6 Å². The zero-order valence-electron chi connectivity index (χ0n) is 10.6. The number of rotatable bonds is 5. The second-order valence-corrected chi connectivity index (χ2v) is 4.76. The lowest BCUT2D eigenvalue weighted by Gasteiger charge is -2.22. The van der Waals surface area contributed by atoms with Gasteiger partial charge in [0.05, 0.1) is 5.69 Å². The molecule has 0 saturated carbocycles. The Hall–Kier alpha value is -0.900. The predicted molar refractivity (Wildman–Crippen MR) is 63.9 cm³/mol. The van der Waals surface area contributed by atoms with Gasteiger partial charge in [0.2, 0.25) is 0 Å². The molecule has 4 heteroatoms. The van der Waals surface area contributed by atoms with Gasteiger partial charge in [-0.3, -0.25) is 4.68 Å². The highest BCUT2D eigenvalue weighted by Gasteiger charge is 2.24. The number of nitrogens with zero attached hydrogens (tertiary/aromatic N) is 2. The summed E-state index contributed by atoms with van der Waals surface area (Å²) in [6.45, 7) is 6.34. The first kappa shape index (κ1) is 13.2. The average Bonchev–Trinajstić information content (AvgIpc) is 2.45. The van der Waals surface area contributed by atoms with Crippen LogP contribution in [0.3, 0.4) is 0 Å². The molecule has 0 spiro atoms. The third kappa shape index (κ3) is 3.04. The van der Waals surface area contributed by atoms with Crippen molar-refractivity contribution in [3.8, 4) is 0 Å². The van der Waals surface area contributed by atoms with Gasteiger partial charge in [0.25, 0.3) is 0 Å². The Bertz CT molecular complexity index is 333. The van der Waals surface area contributed by atoms with E-state index >= 15 is 0 Å². The van der Waals surface area contributed by atoms with E-state index in [-0.39, 0.29) is 11.8 Å². The van der Waals surface area contributed by atoms with Gasteiger partial charge in [-0.25, -0.2) is 4.39 Å². The summed E-state index contributed by atoms with van der Waals surface area (Å²) < 4.78 is 15.8. The summed E-state index contributed by atoms with van der Waals surface area (Å²) in [5.74, 6) is 0.199. The van der Waals surface area contributed by atoms with Gasteiger partial charge >= 0.3 is 0 Å². The van der Waals surface area contributed by atoms with E-state index in [0.717, 1.165) is 11.4 Å². The van der Waals surface area contributed by atoms with Crippen LogP contribution in [0.4, 0.5) is 4.39 Å². The van der Waals surface area contributed by atoms with Crippen LogP contribution in [0.25, 0.3) is 0 Å². The van der Waals surface area contributed by atoms with Crippen molar-refractivity contribution in [1.29, 1.82) is 0 Å². The van der Waals surface area contributed by atoms with Crippen LogP contribution in [0.15, 0.2) is 6.07 Å². The van der Waals surface area contributed by atoms with Gasteiger partial charge in [0, 0.05) is 25.1 Å². The van der Waals surface area contributed by atoms with Crippen LogP contribution >= 0.6 is 0 Å². The molecule has 0 aromatic carbocycles. The molecule has 16 heavy (non-hydrogen) atoms. The zero-order chi connectivity index (χ0) is 12.3. The molecule has 0 aliphatic heterocycles. The molecule has 0 amide bonds. The van der Waals surface area contributed by atoms with Crippen LogP contribution in [-0.2, 0) is 13.5 Å². The molecule has 92 valence electrons. The number of aromatic nitrogens is 2. The highest BCUT2D eigenvalue weighted by Crippen LogP contribution is 2.20. The highest BCUT2D eigenvalue weighted by atomic mass is 19.1. The van der Waals surface area contributed by atoms with Crippen molar-refractivity contribution in [2.45, 2.75) is 33.4 Å². The topological polar surface area (TPSA) is 43.8 Å². The van der Waals surface area contributed by atoms with Gasteiger partial charge in [-0.1, -0.05) is 13.8 Å². The van der Waals surface area contributed by atoms with E-state index in [2.05, 4.69) is 5.10 Å². The maximum absolute atomic E-state index is 14.1. The summed E-state index contributed by atoms with van der Waals surface area (Å²) in [6, 6.07) is 1.93. The van der Waals surface area contributed by atoms with Gasteiger partial charge in [-0.05, 0) is 25.5 Å². The highest BCUT2D eigenvalue weighted by molar-refractivity contribution is 5.09. The molecular weight excluding hydrogens is 205 g/mol. The van der Waals surface area contributed by atoms with E-state index in [1.807, 2.05) is 33.9 Å². The summed E-state index contributed by atoms with van der Waals surface area (Å²) in [5.41, 5.74) is 7.47. The molecule has 1 heterocycles. The van der Waals surface area contributed by atoms with E-state index in [1.165, 1.54) is 0 Å². The van der Waals surface area contributed by atoms with Crippen molar-refractivity contribution in [3.05, 3.63) is 17.5 Å². The first-order valence-electron chi connectivity index (χ1n) is 5.79. The largest absolute Gasteiger partial charge is 0.330 e. The second kappa shape index (κ2) is 5.43. The van der Waals surface area contributed by atoms with Crippen LogP contribution in [0.5, 0.6) is 0 Å². The summed E-state index contributed by atoms with van der Waals surface area (Å²) in [7, 11) is 1.85. The minimum absolute atomic E-state index is 0.0739. The Balaban J connectivity index is 2.69. The summed E-state index contributed by atoms with van der Waals surface area (Å²) in [6.07, 6.45) is -0.489. The molecule has 2 N–H and O–H groups in total. The van der Waals surface area contributed by atoms with E-state index in [0.29, 0.717) is 13.0 Å². The van der Waals surface area contributed by atoms with Crippen molar-refractivity contribution < 1.29 is 4.39 Å². The van der Waals surface area contributed by atoms with E-state index in [4.69, 9.17) is 5.73 Å². The molecule has 0 bridgehead atoms. The molecule has 0 radical (unpaired) electrons. The van der Waals surface area contributed by atoms with E-state index in [1.54, 1.807) is 4.68 Å². The maximum Gasteiger partial charge on any atom is 0.110 e. The number of alkyl halides is 1. The predicted octanol–water partition coefficient (Wildman–Crippen LogP) is 1.84. The van der Waals surface area contributed by atoms with Gasteiger partial charge in [0.15, 0.2) is 0 Å². The van der Waals surface area contributed by atoms with Crippen molar-refractivity contribution in [2.75, 3.05) is 6.54 Å². The molecule has 0 saturated heterocycles. The molecule has 0 aliphatic carbocycles. The van der Waals surface area contributed by atoms with Gasteiger partial charge in [-0.2, -0.15) is 5.10 Å². The maximum atomic E-state index is 14.1. The Labute approximate surface area is 96.8 Å². The van der Waals surface area contributed by atoms with Crippen LogP contribution in [0.1, 0.15) is 25.2 Å². The van der Waals surface area contributed by atoms with Crippen LogP contribution < -0.4 is 5.73 Å². The van der Waals surface area contributed by atoms with Gasteiger partial charge < -0.3 is 5.73 Å². The smallest absolute Gasteiger partial charge is 0.110 e. The molecule has 3 nitrogen and oxygen atoms in total. The summed E-state index contributed by atoms with van der Waals surface area (Å²) in [5, 5.41) is 4.21. The van der Waals surface area contributed by atoms with Crippen molar-refractivity contribution in [1.82, 2.24) is 9.78 Å². The average molecular weight is 227 g/mol.